The minimum absolute atomic E-state index is 0.110. The second-order valence-electron chi connectivity index (χ2n) is 6.19. The Hall–Kier alpha value is -2.25. The summed E-state index contributed by atoms with van der Waals surface area (Å²) in [5.74, 6) is 0.461. The van der Waals surface area contributed by atoms with Gasteiger partial charge in [-0.15, -0.1) is 0 Å². The number of hydrogen-bond donors (Lipinski definition) is 1. The second-order valence-corrected chi connectivity index (χ2v) is 7.54. The first-order chi connectivity index (χ1) is 12.6. The molecule has 1 N–H and O–H groups in total. The molecule has 0 saturated carbocycles. The first-order valence-corrected chi connectivity index (χ1v) is 9.70. The van der Waals surface area contributed by atoms with Gasteiger partial charge in [-0.25, -0.2) is 4.98 Å². The highest BCUT2D eigenvalue weighted by Gasteiger charge is 2.22. The first kappa shape index (κ1) is 17.2. The molecule has 0 fully saturated rings. The maximum absolute atomic E-state index is 12.6. The molecule has 134 valence electrons. The van der Waals surface area contributed by atoms with Crippen molar-refractivity contribution in [2.75, 3.05) is 12.3 Å². The van der Waals surface area contributed by atoms with Gasteiger partial charge in [0.1, 0.15) is 0 Å². The van der Waals surface area contributed by atoms with E-state index in [1.165, 1.54) is 11.8 Å². The lowest BCUT2D eigenvalue weighted by Crippen LogP contribution is -2.36. The van der Waals surface area contributed by atoms with Crippen LogP contribution in [-0.2, 0) is 17.8 Å². The van der Waals surface area contributed by atoms with E-state index in [4.69, 9.17) is 11.6 Å². The third-order valence-corrected chi connectivity index (χ3v) is 5.94. The van der Waals surface area contributed by atoms with Gasteiger partial charge in [-0.2, -0.15) is 5.10 Å². The van der Waals surface area contributed by atoms with E-state index in [2.05, 4.69) is 15.2 Å². The molecule has 0 atom stereocenters. The average molecular weight is 388 g/mol. The van der Waals surface area contributed by atoms with Crippen LogP contribution in [0.3, 0.4) is 0 Å². The Morgan fingerprint density at radius 1 is 1.42 bits per heavy atom. The van der Waals surface area contributed by atoms with Crippen LogP contribution < -0.4 is 0 Å². The van der Waals surface area contributed by atoms with Gasteiger partial charge in [-0.05, 0) is 24.6 Å². The van der Waals surface area contributed by atoms with Crippen LogP contribution in [0.1, 0.15) is 16.8 Å². The van der Waals surface area contributed by atoms with Crippen LogP contribution >= 0.6 is 23.4 Å². The summed E-state index contributed by atoms with van der Waals surface area (Å²) in [4.78, 5) is 18.9. The van der Waals surface area contributed by atoms with E-state index in [-0.39, 0.29) is 5.91 Å². The highest BCUT2D eigenvalue weighted by Crippen LogP contribution is 2.27. The van der Waals surface area contributed by atoms with Crippen LogP contribution in [0.2, 0.25) is 5.02 Å². The number of nitrogens with one attached hydrogen (secondary N) is 1. The van der Waals surface area contributed by atoms with Gasteiger partial charge in [0, 0.05) is 48.2 Å². The largest absolute Gasteiger partial charge is 0.337 e. The minimum Gasteiger partial charge on any atom is -0.337 e. The van der Waals surface area contributed by atoms with E-state index in [9.17, 15) is 4.79 Å². The number of aromatic nitrogens is 4. The van der Waals surface area contributed by atoms with Crippen molar-refractivity contribution in [1.82, 2.24) is 24.6 Å². The van der Waals surface area contributed by atoms with Crippen molar-refractivity contribution in [3.8, 4) is 5.69 Å². The van der Waals surface area contributed by atoms with E-state index in [0.29, 0.717) is 17.3 Å². The number of H-pyrrole nitrogens is 1. The zero-order chi connectivity index (χ0) is 18.1. The summed E-state index contributed by atoms with van der Waals surface area (Å²) in [5.41, 5.74) is 4.20. The molecule has 8 heteroatoms. The molecule has 6 nitrogen and oxygen atoms in total. The predicted molar refractivity (Wildman–Crippen MR) is 102 cm³/mol. The fourth-order valence-corrected chi connectivity index (χ4v) is 4.13. The number of halogens is 1. The van der Waals surface area contributed by atoms with Crippen LogP contribution in [-0.4, -0.2) is 42.9 Å². The topological polar surface area (TPSA) is 66.8 Å². The van der Waals surface area contributed by atoms with Crippen molar-refractivity contribution >= 4 is 29.3 Å². The number of hydrogen-bond acceptors (Lipinski definition) is 4. The summed E-state index contributed by atoms with van der Waals surface area (Å²) in [5, 5.41) is 8.54. The van der Waals surface area contributed by atoms with Gasteiger partial charge in [-0.1, -0.05) is 29.4 Å². The smallest absolute Gasteiger partial charge is 0.233 e. The summed E-state index contributed by atoms with van der Waals surface area (Å²) >= 11 is 7.68. The number of thioether (sulfide) groups is 1. The number of carbonyl (C=O) groups excluding carboxylic acids is 1. The Bertz CT molecular complexity index is 951. The number of aromatic amines is 1. The number of fused-ring (bicyclic) bond motifs is 1. The molecule has 0 radical (unpaired) electrons. The van der Waals surface area contributed by atoms with Gasteiger partial charge in [0.25, 0.3) is 0 Å². The highest BCUT2D eigenvalue weighted by molar-refractivity contribution is 7.99. The minimum atomic E-state index is 0.110. The quantitative estimate of drug-likeness (QED) is 0.698. The molecule has 1 aliphatic heterocycles. The molecule has 0 aliphatic carbocycles. The second kappa shape index (κ2) is 7.17. The van der Waals surface area contributed by atoms with Crippen molar-refractivity contribution < 1.29 is 4.79 Å². The lowest BCUT2D eigenvalue weighted by Gasteiger charge is -2.26. The van der Waals surface area contributed by atoms with E-state index in [1.54, 1.807) is 12.4 Å². The molecule has 0 bridgehead atoms. The van der Waals surface area contributed by atoms with Crippen LogP contribution in [0, 0.1) is 6.92 Å². The molecular weight excluding hydrogens is 370 g/mol. The Balaban J connectivity index is 1.45. The van der Waals surface area contributed by atoms with Gasteiger partial charge < -0.3 is 4.90 Å². The summed E-state index contributed by atoms with van der Waals surface area (Å²) in [6.45, 7) is 3.32. The van der Waals surface area contributed by atoms with E-state index in [0.717, 1.165) is 40.6 Å². The molecule has 0 unspecified atom stereocenters. The lowest BCUT2D eigenvalue weighted by atomic mass is 10.1. The summed E-state index contributed by atoms with van der Waals surface area (Å²) in [6, 6.07) is 5.79. The maximum Gasteiger partial charge on any atom is 0.233 e. The SMILES string of the molecule is Cc1c(Cl)cccc1-n1ccnc1SCC(=O)N1CCc2[nH]ncc2C1. The highest BCUT2D eigenvalue weighted by atomic mass is 35.5. The zero-order valence-corrected chi connectivity index (χ0v) is 15.8. The molecule has 1 aromatic carbocycles. The molecule has 1 aliphatic rings. The van der Waals surface area contributed by atoms with Gasteiger partial charge in [0.15, 0.2) is 5.16 Å². The number of nitrogens with zero attached hydrogens (tertiary/aromatic N) is 4. The third-order valence-electron chi connectivity index (χ3n) is 4.58. The maximum atomic E-state index is 12.6. The molecule has 4 rings (SSSR count). The Morgan fingerprint density at radius 3 is 3.19 bits per heavy atom. The van der Waals surface area contributed by atoms with Crippen LogP contribution in [0.15, 0.2) is 41.9 Å². The van der Waals surface area contributed by atoms with Gasteiger partial charge >= 0.3 is 0 Å². The third kappa shape index (κ3) is 3.24. The molecular formula is C18H18ClN5OS. The summed E-state index contributed by atoms with van der Waals surface area (Å²) < 4.78 is 1.98. The van der Waals surface area contributed by atoms with E-state index >= 15 is 0 Å². The Kier molecular flexibility index (Phi) is 4.74. The fourth-order valence-electron chi connectivity index (χ4n) is 3.09. The van der Waals surface area contributed by atoms with Crippen molar-refractivity contribution in [2.24, 2.45) is 0 Å². The number of rotatable bonds is 4. The average Bonchev–Trinajstić information content (AvgIpc) is 3.30. The Morgan fingerprint density at radius 2 is 2.31 bits per heavy atom. The normalized spacial score (nSPS) is 13.7. The Labute approximate surface area is 160 Å². The lowest BCUT2D eigenvalue weighted by molar-refractivity contribution is -0.129. The monoisotopic (exact) mass is 387 g/mol. The van der Waals surface area contributed by atoms with Gasteiger partial charge in [-0.3, -0.25) is 14.5 Å². The van der Waals surface area contributed by atoms with E-state index in [1.807, 2.05) is 40.8 Å². The summed E-state index contributed by atoms with van der Waals surface area (Å²) in [7, 11) is 0. The molecule has 3 heterocycles. The first-order valence-electron chi connectivity index (χ1n) is 8.34. The molecule has 0 saturated heterocycles. The fraction of sp³-hybridized carbons (Fsp3) is 0.278. The van der Waals surface area contributed by atoms with Crippen molar-refractivity contribution in [3.05, 3.63) is 58.6 Å². The molecule has 26 heavy (non-hydrogen) atoms. The molecule has 3 aromatic rings. The number of amides is 1. The number of imidazole rings is 1. The number of benzene rings is 1. The van der Waals surface area contributed by atoms with Crippen molar-refractivity contribution in [3.63, 3.8) is 0 Å². The summed E-state index contributed by atoms with van der Waals surface area (Å²) in [6.07, 6.45) is 6.26. The molecule has 2 aromatic heterocycles. The van der Waals surface area contributed by atoms with E-state index < -0.39 is 0 Å². The number of carbonyl (C=O) groups is 1. The van der Waals surface area contributed by atoms with Gasteiger partial charge in [0.2, 0.25) is 5.91 Å². The van der Waals surface area contributed by atoms with Gasteiger partial charge in [0.05, 0.1) is 17.6 Å². The predicted octanol–water partition coefficient (Wildman–Crippen LogP) is 3.23. The standard InChI is InChI=1S/C18H18ClN5OS/c1-12-14(19)3-2-4-16(12)24-8-6-20-18(24)26-11-17(25)23-7-5-15-13(10-23)9-21-22-15/h2-4,6,8-9H,5,7,10-11H2,1H3,(H,21,22). The van der Waals surface area contributed by atoms with Crippen molar-refractivity contribution in [2.45, 2.75) is 25.0 Å². The van der Waals surface area contributed by atoms with Crippen LogP contribution in [0.5, 0.6) is 0 Å². The van der Waals surface area contributed by atoms with Crippen LogP contribution in [0.4, 0.5) is 0 Å². The molecule has 1 amide bonds. The molecule has 0 spiro atoms. The van der Waals surface area contributed by atoms with Crippen molar-refractivity contribution in [1.29, 1.82) is 0 Å². The van der Waals surface area contributed by atoms with Crippen LogP contribution in [0.25, 0.3) is 5.69 Å². The zero-order valence-electron chi connectivity index (χ0n) is 14.3.